The predicted octanol–water partition coefficient (Wildman–Crippen LogP) is 2.31. The van der Waals surface area contributed by atoms with Crippen molar-refractivity contribution in [2.75, 3.05) is 13.7 Å². The monoisotopic (exact) mass is 263 g/mol. The maximum atomic E-state index is 11.8. The fraction of sp³-hybridized carbons (Fsp3) is 0.533. The van der Waals surface area contributed by atoms with E-state index in [-0.39, 0.29) is 0 Å². The van der Waals surface area contributed by atoms with Crippen LogP contribution in [0.25, 0.3) is 0 Å². The van der Waals surface area contributed by atoms with Gasteiger partial charge in [0.25, 0.3) is 0 Å². The number of aliphatic carboxylic acids is 1. The van der Waals surface area contributed by atoms with E-state index in [2.05, 4.69) is 5.32 Å². The number of carboxylic acids is 1. The summed E-state index contributed by atoms with van der Waals surface area (Å²) in [6.07, 6.45) is 3.35. The second kappa shape index (κ2) is 5.61. The zero-order chi connectivity index (χ0) is 13.9. The molecule has 1 unspecified atom stereocenters. The van der Waals surface area contributed by atoms with Crippen molar-refractivity contribution in [1.82, 2.24) is 5.32 Å². The molecule has 0 heterocycles. The van der Waals surface area contributed by atoms with Gasteiger partial charge in [0.15, 0.2) is 0 Å². The van der Waals surface area contributed by atoms with E-state index in [1.807, 2.05) is 25.1 Å². The largest absolute Gasteiger partial charge is 0.497 e. The Balaban J connectivity index is 2.45. The van der Waals surface area contributed by atoms with Crippen LogP contribution in [0.4, 0.5) is 0 Å². The fourth-order valence-electron chi connectivity index (χ4n) is 2.82. The Kier molecular flexibility index (Phi) is 4.10. The predicted molar refractivity (Wildman–Crippen MR) is 73.5 cm³/mol. The van der Waals surface area contributed by atoms with Crippen molar-refractivity contribution in [2.24, 2.45) is 0 Å². The number of fused-ring (bicyclic) bond motifs is 1. The van der Waals surface area contributed by atoms with Gasteiger partial charge in [0.2, 0.25) is 0 Å². The number of hydrogen-bond donors (Lipinski definition) is 2. The number of hydrogen-bond acceptors (Lipinski definition) is 3. The summed E-state index contributed by atoms with van der Waals surface area (Å²) in [7, 11) is 1.63. The van der Waals surface area contributed by atoms with Crippen LogP contribution in [0.15, 0.2) is 18.2 Å². The van der Waals surface area contributed by atoms with Crippen LogP contribution >= 0.6 is 0 Å². The van der Waals surface area contributed by atoms with Crippen LogP contribution in [-0.2, 0) is 16.8 Å². The van der Waals surface area contributed by atoms with E-state index in [4.69, 9.17) is 4.74 Å². The average Bonchev–Trinajstić information content (AvgIpc) is 2.44. The number of methoxy groups -OCH3 is 1. The third-order valence-electron chi connectivity index (χ3n) is 3.81. The standard InChI is InChI=1S/C15H21NO3/c1-3-9-16-15(14(17)18)8-4-5-11-10-12(19-2)6-7-13(11)15/h6-7,10,16H,3-5,8-9H2,1-2H3,(H,17,18). The Morgan fingerprint density at radius 2 is 2.32 bits per heavy atom. The molecule has 0 saturated carbocycles. The Bertz CT molecular complexity index is 472. The van der Waals surface area contributed by atoms with E-state index in [0.717, 1.165) is 36.1 Å². The molecule has 1 aromatic carbocycles. The molecular formula is C15H21NO3. The molecule has 4 heteroatoms. The molecule has 0 fully saturated rings. The first-order chi connectivity index (χ1) is 9.14. The third-order valence-corrected chi connectivity index (χ3v) is 3.81. The van der Waals surface area contributed by atoms with Gasteiger partial charge in [0, 0.05) is 0 Å². The van der Waals surface area contributed by atoms with Crippen molar-refractivity contribution in [3.05, 3.63) is 29.3 Å². The number of nitrogens with one attached hydrogen (secondary N) is 1. The Hall–Kier alpha value is -1.55. The molecule has 2 rings (SSSR count). The molecule has 0 radical (unpaired) electrons. The number of aryl methyl sites for hydroxylation is 1. The minimum Gasteiger partial charge on any atom is -0.497 e. The highest BCUT2D eigenvalue weighted by molar-refractivity contribution is 5.82. The normalized spacial score (nSPS) is 21.8. The highest BCUT2D eigenvalue weighted by atomic mass is 16.5. The van der Waals surface area contributed by atoms with Crippen LogP contribution < -0.4 is 10.1 Å². The zero-order valence-corrected chi connectivity index (χ0v) is 11.5. The van der Waals surface area contributed by atoms with Crippen molar-refractivity contribution < 1.29 is 14.6 Å². The van der Waals surface area contributed by atoms with Crippen LogP contribution in [0.1, 0.15) is 37.3 Å². The molecule has 4 nitrogen and oxygen atoms in total. The van der Waals surface area contributed by atoms with Gasteiger partial charge in [-0.25, -0.2) is 4.79 Å². The molecule has 104 valence electrons. The van der Waals surface area contributed by atoms with Gasteiger partial charge in [-0.15, -0.1) is 0 Å². The first-order valence-corrected chi connectivity index (χ1v) is 6.80. The molecule has 1 atom stereocenters. The van der Waals surface area contributed by atoms with E-state index < -0.39 is 11.5 Å². The summed E-state index contributed by atoms with van der Waals surface area (Å²) < 4.78 is 5.22. The lowest BCUT2D eigenvalue weighted by Gasteiger charge is -2.36. The summed E-state index contributed by atoms with van der Waals surface area (Å²) in [5.41, 5.74) is 1.03. The second-order valence-electron chi connectivity index (χ2n) is 5.01. The zero-order valence-electron chi connectivity index (χ0n) is 11.5. The van der Waals surface area contributed by atoms with E-state index in [1.165, 1.54) is 0 Å². The second-order valence-corrected chi connectivity index (χ2v) is 5.01. The molecule has 0 aromatic heterocycles. The van der Waals surface area contributed by atoms with Crippen LogP contribution in [-0.4, -0.2) is 24.7 Å². The number of carbonyl (C=O) groups is 1. The van der Waals surface area contributed by atoms with Crippen molar-refractivity contribution >= 4 is 5.97 Å². The van der Waals surface area contributed by atoms with Gasteiger partial charge in [0.1, 0.15) is 11.3 Å². The molecule has 0 aliphatic heterocycles. The SMILES string of the molecule is CCCNC1(C(=O)O)CCCc2cc(OC)ccc21. The number of ether oxygens (including phenoxy) is 1. The molecule has 1 aromatic rings. The Morgan fingerprint density at radius 1 is 1.53 bits per heavy atom. The summed E-state index contributed by atoms with van der Waals surface area (Å²) in [4.78, 5) is 11.8. The van der Waals surface area contributed by atoms with Gasteiger partial charge in [-0.2, -0.15) is 0 Å². The van der Waals surface area contributed by atoms with Crippen molar-refractivity contribution in [3.8, 4) is 5.75 Å². The maximum Gasteiger partial charge on any atom is 0.328 e. The van der Waals surface area contributed by atoms with E-state index in [0.29, 0.717) is 13.0 Å². The van der Waals surface area contributed by atoms with E-state index in [1.54, 1.807) is 7.11 Å². The summed E-state index contributed by atoms with van der Waals surface area (Å²) in [6.45, 7) is 2.75. The lowest BCUT2D eigenvalue weighted by molar-refractivity contribution is -0.146. The molecule has 0 spiro atoms. The smallest absolute Gasteiger partial charge is 0.328 e. The van der Waals surface area contributed by atoms with Crippen LogP contribution in [0.2, 0.25) is 0 Å². The lowest BCUT2D eigenvalue weighted by Crippen LogP contribution is -2.51. The third kappa shape index (κ3) is 2.45. The first-order valence-electron chi connectivity index (χ1n) is 6.80. The summed E-state index contributed by atoms with van der Waals surface area (Å²) in [5, 5.41) is 12.9. The van der Waals surface area contributed by atoms with Gasteiger partial charge in [-0.3, -0.25) is 5.32 Å². The molecular weight excluding hydrogens is 242 g/mol. The van der Waals surface area contributed by atoms with Crippen molar-refractivity contribution in [2.45, 2.75) is 38.1 Å². The molecule has 1 aliphatic carbocycles. The summed E-state index contributed by atoms with van der Waals surface area (Å²) in [6, 6.07) is 5.69. The lowest BCUT2D eigenvalue weighted by atomic mass is 9.76. The van der Waals surface area contributed by atoms with Crippen LogP contribution in [0.5, 0.6) is 5.75 Å². The number of carboxylic acid groups (broad SMARTS) is 1. The number of rotatable bonds is 5. The fourth-order valence-corrected chi connectivity index (χ4v) is 2.82. The Labute approximate surface area is 113 Å². The van der Waals surface area contributed by atoms with Gasteiger partial charge < -0.3 is 9.84 Å². The molecule has 0 amide bonds. The molecule has 0 saturated heterocycles. The molecule has 0 bridgehead atoms. The van der Waals surface area contributed by atoms with Crippen molar-refractivity contribution in [3.63, 3.8) is 0 Å². The highest BCUT2D eigenvalue weighted by Gasteiger charge is 2.43. The minimum absolute atomic E-state index is 0.641. The quantitative estimate of drug-likeness (QED) is 0.856. The number of benzene rings is 1. The highest BCUT2D eigenvalue weighted by Crippen LogP contribution is 2.37. The topological polar surface area (TPSA) is 58.6 Å². The summed E-state index contributed by atoms with van der Waals surface area (Å²) >= 11 is 0. The molecule has 2 N–H and O–H groups in total. The maximum absolute atomic E-state index is 11.8. The van der Waals surface area contributed by atoms with Crippen molar-refractivity contribution in [1.29, 1.82) is 0 Å². The van der Waals surface area contributed by atoms with Gasteiger partial charge in [0.05, 0.1) is 7.11 Å². The minimum atomic E-state index is -0.935. The van der Waals surface area contributed by atoms with E-state index in [9.17, 15) is 9.90 Å². The summed E-state index contributed by atoms with van der Waals surface area (Å²) in [5.74, 6) is 0.00231. The van der Waals surface area contributed by atoms with Crippen LogP contribution in [0, 0.1) is 0 Å². The average molecular weight is 263 g/mol. The molecule has 19 heavy (non-hydrogen) atoms. The van der Waals surface area contributed by atoms with Gasteiger partial charge in [-0.05, 0) is 55.5 Å². The molecule has 1 aliphatic rings. The van der Waals surface area contributed by atoms with Gasteiger partial charge >= 0.3 is 5.97 Å². The van der Waals surface area contributed by atoms with E-state index >= 15 is 0 Å². The van der Waals surface area contributed by atoms with Crippen LogP contribution in [0.3, 0.4) is 0 Å². The Morgan fingerprint density at radius 3 is 2.95 bits per heavy atom. The first kappa shape index (κ1) is 13.9. The van der Waals surface area contributed by atoms with Gasteiger partial charge in [-0.1, -0.05) is 13.0 Å².